The number of carbonyl (C=O) groups excluding carboxylic acids is 1. The molecule has 2 N–H and O–H groups in total. The highest BCUT2D eigenvalue weighted by atomic mass is 32.2. The Kier molecular flexibility index (Phi) is 5.39. The highest BCUT2D eigenvalue weighted by Gasteiger charge is 2.28. The molecule has 0 aliphatic carbocycles. The zero-order chi connectivity index (χ0) is 18.0. The minimum Gasteiger partial charge on any atom is -0.444 e. The van der Waals surface area contributed by atoms with Crippen LogP contribution in [-0.2, 0) is 14.8 Å². The van der Waals surface area contributed by atoms with Gasteiger partial charge in [-0.25, -0.2) is 17.9 Å². The van der Waals surface area contributed by atoms with E-state index in [0.717, 1.165) is 18.8 Å². The van der Waals surface area contributed by atoms with Crippen LogP contribution in [0.25, 0.3) is 0 Å². The number of amides is 1. The second-order valence-corrected chi connectivity index (χ2v) is 8.74. The molecule has 1 aliphatic heterocycles. The molecular formula is C16H25N3O4S. The number of benzene rings is 1. The maximum Gasteiger partial charge on any atom is 0.407 e. The standard InChI is InChI=1S/C16H25N3O4S/c1-16(2,3)23-15(20)18-9-12-10-19(11-12)13-5-7-14(8-6-13)24(21,22)17-4/h5-8,12,17H,9-11H2,1-4H3,(H,18,20). The number of carbonyl (C=O) groups is 1. The van der Waals surface area contributed by atoms with Gasteiger partial charge in [0.2, 0.25) is 10.0 Å². The number of hydrogen-bond acceptors (Lipinski definition) is 5. The van der Waals surface area contributed by atoms with Gasteiger partial charge >= 0.3 is 6.09 Å². The minimum atomic E-state index is -3.40. The Hall–Kier alpha value is -1.80. The summed E-state index contributed by atoms with van der Waals surface area (Å²) in [7, 11) is -2.01. The molecule has 0 unspecified atom stereocenters. The van der Waals surface area contributed by atoms with Gasteiger partial charge in [0.15, 0.2) is 0 Å². The fraction of sp³-hybridized carbons (Fsp3) is 0.562. The lowest BCUT2D eigenvalue weighted by atomic mass is 9.99. The van der Waals surface area contributed by atoms with Gasteiger partial charge in [0, 0.05) is 31.2 Å². The summed E-state index contributed by atoms with van der Waals surface area (Å²) in [6.45, 7) is 7.68. The lowest BCUT2D eigenvalue weighted by Gasteiger charge is -2.41. The summed E-state index contributed by atoms with van der Waals surface area (Å²) in [6, 6.07) is 6.77. The summed E-state index contributed by atoms with van der Waals surface area (Å²) in [5, 5.41) is 2.77. The molecule has 0 spiro atoms. The molecule has 1 aromatic carbocycles. The highest BCUT2D eigenvalue weighted by molar-refractivity contribution is 7.89. The van der Waals surface area contributed by atoms with Crippen LogP contribution in [0.15, 0.2) is 29.2 Å². The number of nitrogens with one attached hydrogen (secondary N) is 2. The fourth-order valence-corrected chi connectivity index (χ4v) is 3.14. The molecule has 1 aromatic rings. The Morgan fingerprint density at radius 1 is 1.25 bits per heavy atom. The predicted molar refractivity (Wildman–Crippen MR) is 92.6 cm³/mol. The van der Waals surface area contributed by atoms with Gasteiger partial charge in [-0.2, -0.15) is 0 Å². The van der Waals surface area contributed by atoms with E-state index >= 15 is 0 Å². The Labute approximate surface area is 143 Å². The number of nitrogens with zero attached hydrogens (tertiary/aromatic N) is 1. The molecule has 1 aliphatic rings. The van der Waals surface area contributed by atoms with Gasteiger partial charge < -0.3 is 15.0 Å². The molecule has 1 fully saturated rings. The van der Waals surface area contributed by atoms with Crippen molar-refractivity contribution in [3.63, 3.8) is 0 Å². The van der Waals surface area contributed by atoms with Gasteiger partial charge in [-0.1, -0.05) is 0 Å². The summed E-state index contributed by atoms with van der Waals surface area (Å²) >= 11 is 0. The quantitative estimate of drug-likeness (QED) is 0.837. The van der Waals surface area contributed by atoms with Crippen LogP contribution in [0.4, 0.5) is 10.5 Å². The van der Waals surface area contributed by atoms with Crippen molar-refractivity contribution in [1.29, 1.82) is 0 Å². The van der Waals surface area contributed by atoms with E-state index in [1.807, 2.05) is 20.8 Å². The van der Waals surface area contributed by atoms with Gasteiger partial charge in [-0.15, -0.1) is 0 Å². The second kappa shape index (κ2) is 6.98. The van der Waals surface area contributed by atoms with E-state index in [4.69, 9.17) is 4.74 Å². The Balaban J connectivity index is 1.79. The zero-order valence-corrected chi connectivity index (χ0v) is 15.3. The summed E-state index contributed by atoms with van der Waals surface area (Å²) in [5.41, 5.74) is 0.476. The third-order valence-electron chi connectivity index (χ3n) is 3.67. The Morgan fingerprint density at radius 3 is 2.33 bits per heavy atom. The van der Waals surface area contributed by atoms with Crippen molar-refractivity contribution in [1.82, 2.24) is 10.0 Å². The minimum absolute atomic E-state index is 0.248. The molecule has 0 saturated carbocycles. The predicted octanol–water partition coefficient (Wildman–Crippen LogP) is 1.56. The largest absolute Gasteiger partial charge is 0.444 e. The van der Waals surface area contributed by atoms with E-state index in [0.29, 0.717) is 12.5 Å². The SMILES string of the molecule is CNS(=O)(=O)c1ccc(N2CC(CNC(=O)OC(C)(C)C)C2)cc1. The summed E-state index contributed by atoms with van der Waals surface area (Å²) < 4.78 is 30.9. The molecule has 2 rings (SSSR count). The smallest absolute Gasteiger partial charge is 0.407 e. The lowest BCUT2D eigenvalue weighted by molar-refractivity contribution is 0.0516. The van der Waals surface area contributed by atoms with Gasteiger partial charge in [-0.05, 0) is 52.1 Å². The number of hydrogen-bond donors (Lipinski definition) is 2. The van der Waals surface area contributed by atoms with Gasteiger partial charge in [0.05, 0.1) is 4.90 Å². The van der Waals surface area contributed by atoms with Crippen molar-refractivity contribution >= 4 is 21.8 Å². The first-order chi connectivity index (χ1) is 11.1. The summed E-state index contributed by atoms with van der Waals surface area (Å²) in [4.78, 5) is 14.0. The van der Waals surface area contributed by atoms with Crippen molar-refractivity contribution in [2.45, 2.75) is 31.3 Å². The maximum atomic E-state index is 11.7. The van der Waals surface area contributed by atoms with Crippen LogP contribution in [-0.4, -0.2) is 46.8 Å². The van der Waals surface area contributed by atoms with Crippen LogP contribution >= 0.6 is 0 Å². The molecular weight excluding hydrogens is 330 g/mol. The number of ether oxygens (including phenoxy) is 1. The van der Waals surface area contributed by atoms with Crippen molar-refractivity contribution in [3.8, 4) is 0 Å². The first-order valence-electron chi connectivity index (χ1n) is 7.86. The second-order valence-electron chi connectivity index (χ2n) is 6.86. The van der Waals surface area contributed by atoms with E-state index in [1.165, 1.54) is 7.05 Å². The molecule has 0 bridgehead atoms. The van der Waals surface area contributed by atoms with Crippen LogP contribution in [0.5, 0.6) is 0 Å². The van der Waals surface area contributed by atoms with E-state index in [9.17, 15) is 13.2 Å². The molecule has 24 heavy (non-hydrogen) atoms. The molecule has 0 atom stereocenters. The number of anilines is 1. The molecule has 134 valence electrons. The van der Waals surface area contributed by atoms with E-state index < -0.39 is 21.7 Å². The van der Waals surface area contributed by atoms with Crippen LogP contribution in [0.3, 0.4) is 0 Å². The highest BCUT2D eigenvalue weighted by Crippen LogP contribution is 2.25. The van der Waals surface area contributed by atoms with Crippen LogP contribution in [0, 0.1) is 5.92 Å². The van der Waals surface area contributed by atoms with Gasteiger partial charge in [0.25, 0.3) is 0 Å². The Morgan fingerprint density at radius 2 is 1.83 bits per heavy atom. The van der Waals surface area contributed by atoms with Gasteiger partial charge in [0.1, 0.15) is 5.60 Å². The maximum absolute atomic E-state index is 11.7. The third kappa shape index (κ3) is 4.85. The fourth-order valence-electron chi connectivity index (χ4n) is 2.41. The van der Waals surface area contributed by atoms with Crippen molar-refractivity contribution in [3.05, 3.63) is 24.3 Å². The molecule has 7 nitrogen and oxygen atoms in total. The van der Waals surface area contributed by atoms with Crippen LogP contribution in [0.2, 0.25) is 0 Å². The van der Waals surface area contributed by atoms with Crippen molar-refractivity contribution < 1.29 is 17.9 Å². The number of alkyl carbamates (subject to hydrolysis) is 1. The van der Waals surface area contributed by atoms with Crippen LogP contribution in [0.1, 0.15) is 20.8 Å². The van der Waals surface area contributed by atoms with E-state index in [1.54, 1.807) is 24.3 Å². The molecule has 0 aromatic heterocycles. The molecule has 0 radical (unpaired) electrons. The summed E-state index contributed by atoms with van der Waals surface area (Å²) in [5.74, 6) is 0.359. The Bertz CT molecular complexity index is 674. The molecule has 1 heterocycles. The van der Waals surface area contributed by atoms with Crippen LogP contribution < -0.4 is 14.9 Å². The third-order valence-corrected chi connectivity index (χ3v) is 5.10. The molecule has 8 heteroatoms. The topological polar surface area (TPSA) is 87.7 Å². The average Bonchev–Trinajstić information content (AvgIpc) is 2.44. The van der Waals surface area contributed by atoms with E-state index in [2.05, 4.69) is 14.9 Å². The molecule has 1 amide bonds. The van der Waals surface area contributed by atoms with Crippen molar-refractivity contribution in [2.75, 3.05) is 31.6 Å². The van der Waals surface area contributed by atoms with E-state index in [-0.39, 0.29) is 4.90 Å². The average molecular weight is 355 g/mol. The molecule has 1 saturated heterocycles. The first kappa shape index (κ1) is 18.5. The summed E-state index contributed by atoms with van der Waals surface area (Å²) in [6.07, 6.45) is -0.400. The van der Waals surface area contributed by atoms with Gasteiger partial charge in [-0.3, -0.25) is 0 Å². The lowest BCUT2D eigenvalue weighted by Crippen LogP contribution is -2.52. The van der Waals surface area contributed by atoms with Crippen molar-refractivity contribution in [2.24, 2.45) is 5.92 Å². The zero-order valence-electron chi connectivity index (χ0n) is 14.5. The number of sulfonamides is 1. The first-order valence-corrected chi connectivity index (χ1v) is 9.34. The number of rotatable bonds is 5. The monoisotopic (exact) mass is 355 g/mol. The normalized spacial score (nSPS) is 15.8.